The van der Waals surface area contributed by atoms with Crippen molar-refractivity contribution in [3.05, 3.63) is 57.8 Å². The van der Waals surface area contributed by atoms with Gasteiger partial charge in [-0.2, -0.15) is 0 Å². The highest BCUT2D eigenvalue weighted by Gasteiger charge is 2.10. The summed E-state index contributed by atoms with van der Waals surface area (Å²) in [7, 11) is 3.28. The van der Waals surface area contributed by atoms with Gasteiger partial charge in [-0.3, -0.25) is 0 Å². The summed E-state index contributed by atoms with van der Waals surface area (Å²) in [6, 6.07) is 11.8. The van der Waals surface area contributed by atoms with Crippen LogP contribution in [0, 0.1) is 9.77 Å². The maximum absolute atomic E-state index is 13.1. The zero-order valence-corrected chi connectivity index (χ0v) is 16.0. The fraction of sp³-hybridized carbons (Fsp3) is 0.176. The lowest BCUT2D eigenvalue weighted by molar-refractivity contribution is 0.400. The monoisotopic (exact) mass is 394 g/mol. The van der Waals surface area contributed by atoms with Crippen LogP contribution >= 0.6 is 35.3 Å². The number of halogens is 1. The summed E-state index contributed by atoms with van der Waals surface area (Å²) < 4.78 is 26.8. The van der Waals surface area contributed by atoms with Crippen molar-refractivity contribution < 1.29 is 13.9 Å². The number of hydrogen-bond acceptors (Lipinski definition) is 6. The molecule has 1 heterocycles. The van der Waals surface area contributed by atoms with E-state index in [4.69, 9.17) is 21.7 Å². The van der Waals surface area contributed by atoms with Gasteiger partial charge in [0.15, 0.2) is 8.29 Å². The standard InChI is InChI=1S/C17H15FN2O2S3/c1-21-14-7-8-15(22-2)11(9-14)10-24-16-19-20(17(23)25-16)13-5-3-12(18)4-6-13/h3-9H,10H2,1-2H3. The molecule has 0 aliphatic heterocycles. The minimum atomic E-state index is -0.287. The van der Waals surface area contributed by atoms with Crippen molar-refractivity contribution in [2.24, 2.45) is 0 Å². The van der Waals surface area contributed by atoms with Gasteiger partial charge in [0.05, 0.1) is 19.9 Å². The minimum Gasteiger partial charge on any atom is -0.497 e. The van der Waals surface area contributed by atoms with Gasteiger partial charge in [-0.05, 0) is 54.7 Å². The summed E-state index contributed by atoms with van der Waals surface area (Å²) in [5, 5.41) is 4.52. The Balaban J connectivity index is 1.80. The first-order chi connectivity index (χ1) is 12.1. The molecule has 1 aromatic heterocycles. The predicted molar refractivity (Wildman–Crippen MR) is 101 cm³/mol. The van der Waals surface area contributed by atoms with Gasteiger partial charge in [0, 0.05) is 11.3 Å². The molecule has 0 radical (unpaired) electrons. The molecule has 3 rings (SSSR count). The average molecular weight is 395 g/mol. The highest BCUT2D eigenvalue weighted by atomic mass is 32.2. The van der Waals surface area contributed by atoms with Crippen molar-refractivity contribution in [2.75, 3.05) is 14.2 Å². The lowest BCUT2D eigenvalue weighted by Crippen LogP contribution is -1.96. The first-order valence-corrected chi connectivity index (χ1v) is 9.51. The second-order valence-electron chi connectivity index (χ2n) is 4.99. The number of thioether (sulfide) groups is 1. The molecule has 0 atom stereocenters. The fourth-order valence-corrected chi connectivity index (χ4v) is 4.54. The zero-order chi connectivity index (χ0) is 17.8. The van der Waals surface area contributed by atoms with Crippen LogP contribution in [-0.4, -0.2) is 24.0 Å². The van der Waals surface area contributed by atoms with E-state index < -0.39 is 0 Å². The number of aromatic nitrogens is 2. The summed E-state index contributed by atoms with van der Waals surface area (Å²) in [4.78, 5) is 0. The van der Waals surface area contributed by atoms with Crippen LogP contribution < -0.4 is 9.47 Å². The van der Waals surface area contributed by atoms with Gasteiger partial charge in [-0.25, -0.2) is 9.07 Å². The molecule has 0 saturated heterocycles. The third-order valence-corrected chi connectivity index (χ3v) is 5.85. The lowest BCUT2D eigenvalue weighted by Gasteiger charge is -2.09. The average Bonchev–Trinajstić information content (AvgIpc) is 3.01. The number of hydrogen-bond donors (Lipinski definition) is 0. The second kappa shape index (κ2) is 7.99. The molecule has 0 unspecified atom stereocenters. The first-order valence-electron chi connectivity index (χ1n) is 7.30. The highest BCUT2D eigenvalue weighted by molar-refractivity contribution is 8.00. The van der Waals surface area contributed by atoms with Gasteiger partial charge >= 0.3 is 0 Å². The van der Waals surface area contributed by atoms with Gasteiger partial charge in [0.2, 0.25) is 0 Å². The van der Waals surface area contributed by atoms with Crippen LogP contribution in [0.15, 0.2) is 46.8 Å². The van der Waals surface area contributed by atoms with Crippen molar-refractivity contribution in [2.45, 2.75) is 10.1 Å². The summed E-state index contributed by atoms with van der Waals surface area (Å²) in [5.41, 5.74) is 1.76. The molecule has 130 valence electrons. The Kier molecular flexibility index (Phi) is 5.72. The molecule has 2 aromatic carbocycles. The van der Waals surface area contributed by atoms with E-state index in [0.29, 0.717) is 9.71 Å². The Morgan fingerprint density at radius 1 is 1.16 bits per heavy atom. The van der Waals surface area contributed by atoms with Gasteiger partial charge in [-0.1, -0.05) is 23.1 Å². The number of methoxy groups -OCH3 is 2. The van der Waals surface area contributed by atoms with Crippen LogP contribution in [0.2, 0.25) is 0 Å². The maximum Gasteiger partial charge on any atom is 0.184 e. The van der Waals surface area contributed by atoms with E-state index >= 15 is 0 Å². The predicted octanol–water partition coefficient (Wildman–Crippen LogP) is 5.11. The van der Waals surface area contributed by atoms with E-state index in [0.717, 1.165) is 27.1 Å². The van der Waals surface area contributed by atoms with Crippen molar-refractivity contribution in [3.63, 3.8) is 0 Å². The molecule has 4 nitrogen and oxygen atoms in total. The third-order valence-electron chi connectivity index (χ3n) is 3.44. The van der Waals surface area contributed by atoms with E-state index in [1.54, 1.807) is 42.8 Å². The molecule has 0 amide bonds. The molecule has 3 aromatic rings. The largest absolute Gasteiger partial charge is 0.497 e. The summed E-state index contributed by atoms with van der Waals surface area (Å²) in [5.74, 6) is 1.97. The highest BCUT2D eigenvalue weighted by Crippen LogP contribution is 2.32. The molecular weight excluding hydrogens is 379 g/mol. The number of ether oxygens (including phenoxy) is 2. The van der Waals surface area contributed by atoms with E-state index in [2.05, 4.69) is 5.10 Å². The summed E-state index contributed by atoms with van der Waals surface area (Å²) in [6.45, 7) is 0. The first kappa shape index (κ1) is 17.9. The molecular formula is C17H15FN2O2S3. The third kappa shape index (κ3) is 4.20. The smallest absolute Gasteiger partial charge is 0.184 e. The van der Waals surface area contributed by atoms with Crippen molar-refractivity contribution in [1.82, 2.24) is 9.78 Å². The Labute approximate surface area is 158 Å². The van der Waals surface area contributed by atoms with Crippen LogP contribution in [0.4, 0.5) is 4.39 Å². The van der Waals surface area contributed by atoms with E-state index in [-0.39, 0.29) is 5.82 Å². The van der Waals surface area contributed by atoms with Gasteiger partial charge in [0.1, 0.15) is 17.3 Å². The summed E-state index contributed by atoms with van der Waals surface area (Å²) >= 11 is 8.36. The van der Waals surface area contributed by atoms with Crippen LogP contribution in [0.3, 0.4) is 0 Å². The normalized spacial score (nSPS) is 10.7. The Hall–Kier alpha value is -1.90. The Morgan fingerprint density at radius 3 is 2.60 bits per heavy atom. The number of rotatable bonds is 6. The van der Waals surface area contributed by atoms with Gasteiger partial charge in [-0.15, -0.1) is 5.10 Å². The van der Waals surface area contributed by atoms with Crippen molar-refractivity contribution >= 4 is 35.3 Å². The summed E-state index contributed by atoms with van der Waals surface area (Å²) in [6.07, 6.45) is 0. The lowest BCUT2D eigenvalue weighted by atomic mass is 10.2. The molecule has 0 fully saturated rings. The SMILES string of the molecule is COc1ccc(OC)c(CSc2nn(-c3ccc(F)cc3)c(=S)s2)c1. The molecule has 25 heavy (non-hydrogen) atoms. The quantitative estimate of drug-likeness (QED) is 0.429. The minimum absolute atomic E-state index is 0.287. The van der Waals surface area contributed by atoms with Crippen LogP contribution in [0.5, 0.6) is 11.5 Å². The van der Waals surface area contributed by atoms with Crippen molar-refractivity contribution in [3.8, 4) is 17.2 Å². The number of nitrogens with zero attached hydrogens (tertiary/aromatic N) is 2. The fourth-order valence-electron chi connectivity index (χ4n) is 2.20. The van der Waals surface area contributed by atoms with Gasteiger partial charge in [0.25, 0.3) is 0 Å². The maximum atomic E-state index is 13.1. The zero-order valence-electron chi connectivity index (χ0n) is 13.6. The van der Waals surface area contributed by atoms with E-state index in [9.17, 15) is 4.39 Å². The van der Waals surface area contributed by atoms with Crippen LogP contribution in [-0.2, 0) is 5.75 Å². The number of benzene rings is 2. The molecule has 0 bridgehead atoms. The Morgan fingerprint density at radius 2 is 1.92 bits per heavy atom. The topological polar surface area (TPSA) is 36.3 Å². The Bertz CT molecular complexity index is 922. The van der Waals surface area contributed by atoms with Crippen LogP contribution in [0.25, 0.3) is 5.69 Å². The molecule has 0 N–H and O–H groups in total. The van der Waals surface area contributed by atoms with E-state index in [1.807, 2.05) is 18.2 Å². The molecule has 8 heteroatoms. The molecule has 0 aliphatic carbocycles. The second-order valence-corrected chi connectivity index (χ2v) is 7.83. The van der Waals surface area contributed by atoms with E-state index in [1.165, 1.54) is 23.5 Å². The van der Waals surface area contributed by atoms with Crippen molar-refractivity contribution in [1.29, 1.82) is 0 Å². The molecule has 0 aliphatic rings. The van der Waals surface area contributed by atoms with Crippen LogP contribution in [0.1, 0.15) is 5.56 Å². The molecule has 0 spiro atoms. The molecule has 0 saturated carbocycles. The van der Waals surface area contributed by atoms with Gasteiger partial charge < -0.3 is 9.47 Å².